The standard InChI is InChI=1S/C18H16F2N6O2S/c1-3-22-16(27)13-7-21-8-14(24-13)25-18-15(9(2)26-29-18)17(28)23-10-4-5-11(19)12(20)6-10/h4-8H,3H2,1-2H3,(H,22,27)(H,23,28)(H,24,25). The quantitative estimate of drug-likeness (QED) is 0.567. The number of benzene rings is 1. The second kappa shape index (κ2) is 8.69. The van der Waals surface area contributed by atoms with Gasteiger partial charge in [-0.3, -0.25) is 14.6 Å². The van der Waals surface area contributed by atoms with E-state index in [9.17, 15) is 18.4 Å². The number of nitrogens with one attached hydrogen (secondary N) is 3. The number of carbonyl (C=O) groups excluding carboxylic acids is 2. The zero-order valence-electron chi connectivity index (χ0n) is 15.4. The van der Waals surface area contributed by atoms with Gasteiger partial charge in [-0.1, -0.05) is 0 Å². The van der Waals surface area contributed by atoms with E-state index in [-0.39, 0.29) is 28.7 Å². The van der Waals surface area contributed by atoms with Gasteiger partial charge in [0.15, 0.2) is 11.6 Å². The Morgan fingerprint density at radius 2 is 1.93 bits per heavy atom. The molecule has 3 rings (SSSR count). The van der Waals surface area contributed by atoms with Crippen LogP contribution in [0, 0.1) is 18.6 Å². The molecule has 0 spiro atoms. The van der Waals surface area contributed by atoms with E-state index in [1.807, 2.05) is 0 Å². The monoisotopic (exact) mass is 418 g/mol. The second-order valence-electron chi connectivity index (χ2n) is 5.83. The van der Waals surface area contributed by atoms with E-state index < -0.39 is 17.5 Å². The largest absolute Gasteiger partial charge is 0.351 e. The summed E-state index contributed by atoms with van der Waals surface area (Å²) in [5, 5.41) is 8.42. The molecule has 0 aliphatic heterocycles. The molecule has 0 radical (unpaired) electrons. The smallest absolute Gasteiger partial charge is 0.271 e. The predicted molar refractivity (Wildman–Crippen MR) is 104 cm³/mol. The predicted octanol–water partition coefficient (Wildman–Crippen LogP) is 3.27. The minimum atomic E-state index is -1.07. The highest BCUT2D eigenvalue weighted by atomic mass is 32.1. The van der Waals surface area contributed by atoms with Gasteiger partial charge < -0.3 is 16.0 Å². The maximum absolute atomic E-state index is 13.4. The first-order valence-electron chi connectivity index (χ1n) is 8.49. The molecular formula is C18H16F2N6O2S. The third kappa shape index (κ3) is 4.69. The van der Waals surface area contributed by atoms with Crippen LogP contribution in [0.25, 0.3) is 0 Å². The van der Waals surface area contributed by atoms with E-state index in [0.29, 0.717) is 17.2 Å². The van der Waals surface area contributed by atoms with Crippen molar-refractivity contribution in [1.29, 1.82) is 0 Å². The molecule has 0 saturated heterocycles. The lowest BCUT2D eigenvalue weighted by Gasteiger charge is -2.09. The minimum Gasteiger partial charge on any atom is -0.351 e. The molecule has 2 aromatic heterocycles. The highest BCUT2D eigenvalue weighted by Gasteiger charge is 2.20. The van der Waals surface area contributed by atoms with Gasteiger partial charge in [0.1, 0.15) is 16.5 Å². The summed E-state index contributed by atoms with van der Waals surface area (Å²) in [6.45, 7) is 3.87. The zero-order valence-corrected chi connectivity index (χ0v) is 16.2. The first-order chi connectivity index (χ1) is 13.9. The summed E-state index contributed by atoms with van der Waals surface area (Å²) in [5.74, 6) is -2.76. The van der Waals surface area contributed by atoms with Gasteiger partial charge in [0.05, 0.1) is 23.7 Å². The van der Waals surface area contributed by atoms with E-state index in [0.717, 1.165) is 23.7 Å². The highest BCUT2D eigenvalue weighted by molar-refractivity contribution is 7.10. The maximum Gasteiger partial charge on any atom is 0.271 e. The van der Waals surface area contributed by atoms with Gasteiger partial charge in [-0.25, -0.2) is 13.8 Å². The number of halogens is 2. The first-order valence-corrected chi connectivity index (χ1v) is 9.26. The van der Waals surface area contributed by atoms with E-state index >= 15 is 0 Å². The van der Waals surface area contributed by atoms with Crippen LogP contribution in [0.1, 0.15) is 33.5 Å². The normalized spacial score (nSPS) is 10.5. The van der Waals surface area contributed by atoms with E-state index in [2.05, 4.69) is 30.3 Å². The molecule has 8 nitrogen and oxygen atoms in total. The average Bonchev–Trinajstić information content (AvgIpc) is 3.05. The van der Waals surface area contributed by atoms with Gasteiger partial charge in [-0.15, -0.1) is 0 Å². The van der Waals surface area contributed by atoms with Crippen molar-refractivity contribution >= 4 is 39.9 Å². The number of anilines is 3. The first kappa shape index (κ1) is 20.3. The fourth-order valence-electron chi connectivity index (χ4n) is 2.39. The Morgan fingerprint density at radius 1 is 1.14 bits per heavy atom. The van der Waals surface area contributed by atoms with E-state index in [1.165, 1.54) is 18.5 Å². The van der Waals surface area contributed by atoms with Crippen molar-refractivity contribution in [2.45, 2.75) is 13.8 Å². The topological polar surface area (TPSA) is 109 Å². The van der Waals surface area contributed by atoms with Crippen LogP contribution in [0.3, 0.4) is 0 Å². The van der Waals surface area contributed by atoms with Crippen LogP contribution < -0.4 is 16.0 Å². The number of amides is 2. The molecule has 0 aliphatic rings. The number of carbonyl (C=O) groups is 2. The van der Waals surface area contributed by atoms with Gasteiger partial charge in [-0.05, 0) is 37.5 Å². The molecule has 150 valence electrons. The Bertz CT molecular complexity index is 1070. The third-order valence-corrected chi connectivity index (χ3v) is 4.57. The number of hydrogen-bond donors (Lipinski definition) is 3. The molecule has 0 atom stereocenters. The molecule has 3 N–H and O–H groups in total. The van der Waals surface area contributed by atoms with Crippen molar-refractivity contribution in [3.8, 4) is 0 Å². The van der Waals surface area contributed by atoms with Crippen LogP contribution in [0.5, 0.6) is 0 Å². The van der Waals surface area contributed by atoms with Gasteiger partial charge in [0.25, 0.3) is 11.8 Å². The van der Waals surface area contributed by atoms with Crippen LogP contribution in [0.4, 0.5) is 25.3 Å². The van der Waals surface area contributed by atoms with Crippen molar-refractivity contribution in [3.05, 3.63) is 59.2 Å². The lowest BCUT2D eigenvalue weighted by Crippen LogP contribution is -2.24. The fraction of sp³-hybridized carbons (Fsp3) is 0.167. The van der Waals surface area contributed by atoms with Crippen LogP contribution >= 0.6 is 11.5 Å². The fourth-order valence-corrected chi connectivity index (χ4v) is 3.19. The van der Waals surface area contributed by atoms with Gasteiger partial charge in [-0.2, -0.15) is 4.37 Å². The Balaban J connectivity index is 1.82. The zero-order chi connectivity index (χ0) is 21.0. The summed E-state index contributed by atoms with van der Waals surface area (Å²) >= 11 is 1.02. The van der Waals surface area contributed by atoms with Gasteiger partial charge >= 0.3 is 0 Å². The lowest BCUT2D eigenvalue weighted by atomic mass is 10.2. The highest BCUT2D eigenvalue weighted by Crippen LogP contribution is 2.28. The summed E-state index contributed by atoms with van der Waals surface area (Å²) in [7, 11) is 0. The van der Waals surface area contributed by atoms with Crippen molar-refractivity contribution < 1.29 is 18.4 Å². The number of aromatic nitrogens is 3. The summed E-state index contributed by atoms with van der Waals surface area (Å²) in [5.41, 5.74) is 0.865. The van der Waals surface area contributed by atoms with Crippen molar-refractivity contribution in [3.63, 3.8) is 0 Å². The lowest BCUT2D eigenvalue weighted by molar-refractivity contribution is 0.0949. The van der Waals surface area contributed by atoms with Crippen molar-refractivity contribution in [2.75, 3.05) is 17.2 Å². The second-order valence-corrected chi connectivity index (χ2v) is 6.60. The number of hydrogen-bond acceptors (Lipinski definition) is 7. The van der Waals surface area contributed by atoms with Crippen LogP contribution in [-0.2, 0) is 0 Å². The van der Waals surface area contributed by atoms with E-state index in [1.54, 1.807) is 13.8 Å². The number of nitrogens with zero attached hydrogens (tertiary/aromatic N) is 3. The number of aryl methyl sites for hydroxylation is 1. The van der Waals surface area contributed by atoms with Crippen molar-refractivity contribution in [1.82, 2.24) is 19.7 Å². The Hall–Kier alpha value is -3.47. The molecule has 0 bridgehead atoms. The van der Waals surface area contributed by atoms with Gasteiger partial charge in [0.2, 0.25) is 0 Å². The Labute approximate surface area is 168 Å². The van der Waals surface area contributed by atoms with Crippen LogP contribution in [0.2, 0.25) is 0 Å². The molecule has 0 saturated carbocycles. The summed E-state index contributed by atoms with van der Waals surface area (Å²) in [6, 6.07) is 3.06. The molecule has 2 amide bonds. The molecule has 11 heteroatoms. The Morgan fingerprint density at radius 3 is 2.66 bits per heavy atom. The summed E-state index contributed by atoms with van der Waals surface area (Å²) in [4.78, 5) is 32.7. The molecule has 2 heterocycles. The summed E-state index contributed by atoms with van der Waals surface area (Å²) in [6.07, 6.45) is 2.72. The molecule has 3 aromatic rings. The SMILES string of the molecule is CCNC(=O)c1cncc(Nc2snc(C)c2C(=O)Nc2ccc(F)c(F)c2)n1. The van der Waals surface area contributed by atoms with Crippen molar-refractivity contribution in [2.24, 2.45) is 0 Å². The molecule has 1 aromatic carbocycles. The molecule has 0 fully saturated rings. The van der Waals surface area contributed by atoms with Crippen LogP contribution in [0.15, 0.2) is 30.6 Å². The summed E-state index contributed by atoms with van der Waals surface area (Å²) < 4.78 is 30.6. The van der Waals surface area contributed by atoms with E-state index in [4.69, 9.17) is 0 Å². The molecule has 0 unspecified atom stereocenters. The maximum atomic E-state index is 13.4. The molecular weight excluding hydrogens is 402 g/mol. The molecule has 0 aliphatic carbocycles. The number of rotatable bonds is 6. The van der Waals surface area contributed by atoms with Gasteiger partial charge in [0, 0.05) is 18.3 Å². The average molecular weight is 418 g/mol. The third-order valence-electron chi connectivity index (χ3n) is 3.71. The Kier molecular flexibility index (Phi) is 6.07. The molecule has 29 heavy (non-hydrogen) atoms. The van der Waals surface area contributed by atoms with Crippen LogP contribution in [-0.4, -0.2) is 32.7 Å². The minimum absolute atomic E-state index is 0.100.